The topological polar surface area (TPSA) is 58.4 Å². The molecule has 4 nitrogen and oxygen atoms in total. The largest absolute Gasteiger partial charge is 0.368 e. The molecule has 3 N–H and O–H groups in total. The number of nitrogens with one attached hydrogen (secondary N) is 1. The third-order valence-corrected chi connectivity index (χ3v) is 2.59. The number of primary amides is 1. The second kappa shape index (κ2) is 6.35. The second-order valence-electron chi connectivity index (χ2n) is 4.60. The van der Waals surface area contributed by atoms with Crippen molar-refractivity contribution in [2.75, 3.05) is 18.5 Å². The van der Waals surface area contributed by atoms with Gasteiger partial charge in [0.1, 0.15) is 5.82 Å². The Balaban J connectivity index is 2.95. The van der Waals surface area contributed by atoms with Crippen LogP contribution in [0, 0.1) is 5.82 Å². The molecule has 0 bridgehead atoms. The summed E-state index contributed by atoms with van der Waals surface area (Å²) in [5.74, 6) is -0.721. The molecule has 0 aliphatic rings. The van der Waals surface area contributed by atoms with Crippen molar-refractivity contribution in [2.24, 2.45) is 5.73 Å². The van der Waals surface area contributed by atoms with Crippen LogP contribution in [0.4, 0.5) is 10.1 Å². The first-order chi connectivity index (χ1) is 8.41. The third kappa shape index (κ3) is 4.00. The van der Waals surface area contributed by atoms with Gasteiger partial charge in [-0.05, 0) is 12.1 Å². The SMILES string of the molecule is CC(C)NCc1c(F)cccc1N(C)CC(N)=O. The van der Waals surface area contributed by atoms with Crippen molar-refractivity contribution in [3.05, 3.63) is 29.6 Å². The standard InChI is InChI=1S/C13H20FN3O/c1-9(2)16-7-10-11(14)5-4-6-12(10)17(3)8-13(15)18/h4-6,9,16H,7-8H2,1-3H3,(H2,15,18). The van der Waals surface area contributed by atoms with Gasteiger partial charge < -0.3 is 16.0 Å². The lowest BCUT2D eigenvalue weighted by Crippen LogP contribution is -2.32. The molecule has 0 aliphatic carbocycles. The molecular weight excluding hydrogens is 233 g/mol. The molecule has 1 aromatic rings. The van der Waals surface area contributed by atoms with Crippen LogP contribution in [0.5, 0.6) is 0 Å². The Hall–Kier alpha value is -1.62. The Morgan fingerprint density at radius 2 is 2.17 bits per heavy atom. The van der Waals surface area contributed by atoms with E-state index < -0.39 is 5.91 Å². The number of hydrogen-bond donors (Lipinski definition) is 2. The normalized spacial score (nSPS) is 10.7. The van der Waals surface area contributed by atoms with Gasteiger partial charge in [-0.3, -0.25) is 4.79 Å². The fourth-order valence-electron chi connectivity index (χ4n) is 1.71. The summed E-state index contributed by atoms with van der Waals surface area (Å²) in [6.07, 6.45) is 0. The molecule has 0 fully saturated rings. The van der Waals surface area contributed by atoms with Crippen LogP contribution >= 0.6 is 0 Å². The number of carbonyl (C=O) groups excluding carboxylic acids is 1. The van der Waals surface area contributed by atoms with E-state index in [1.54, 1.807) is 24.1 Å². The monoisotopic (exact) mass is 253 g/mol. The average molecular weight is 253 g/mol. The van der Waals surface area contributed by atoms with Gasteiger partial charge in [-0.25, -0.2) is 4.39 Å². The van der Waals surface area contributed by atoms with E-state index in [0.29, 0.717) is 17.8 Å². The van der Waals surface area contributed by atoms with Crippen molar-refractivity contribution in [3.8, 4) is 0 Å². The first-order valence-corrected chi connectivity index (χ1v) is 5.92. The van der Waals surface area contributed by atoms with Crippen LogP contribution in [0.15, 0.2) is 18.2 Å². The number of hydrogen-bond acceptors (Lipinski definition) is 3. The summed E-state index contributed by atoms with van der Waals surface area (Å²) in [6.45, 7) is 4.47. The van der Waals surface area contributed by atoms with E-state index in [1.165, 1.54) is 6.07 Å². The first-order valence-electron chi connectivity index (χ1n) is 5.92. The van der Waals surface area contributed by atoms with Crippen molar-refractivity contribution < 1.29 is 9.18 Å². The number of halogens is 1. The van der Waals surface area contributed by atoms with Gasteiger partial charge in [0.25, 0.3) is 0 Å². The van der Waals surface area contributed by atoms with Gasteiger partial charge >= 0.3 is 0 Å². The van der Waals surface area contributed by atoms with Crippen LogP contribution in [0.3, 0.4) is 0 Å². The zero-order chi connectivity index (χ0) is 13.7. The highest BCUT2D eigenvalue weighted by molar-refractivity contribution is 5.79. The predicted molar refractivity (Wildman–Crippen MR) is 70.8 cm³/mol. The lowest BCUT2D eigenvalue weighted by molar-refractivity contribution is -0.116. The van der Waals surface area contributed by atoms with Crippen LogP contribution in [0.25, 0.3) is 0 Å². The first kappa shape index (κ1) is 14.4. The molecule has 1 aromatic carbocycles. The summed E-state index contributed by atoms with van der Waals surface area (Å²) in [7, 11) is 1.72. The Labute approximate surface area is 107 Å². The number of amides is 1. The van der Waals surface area contributed by atoms with Crippen molar-refractivity contribution in [1.82, 2.24) is 5.32 Å². The zero-order valence-corrected chi connectivity index (χ0v) is 11.0. The van der Waals surface area contributed by atoms with E-state index in [0.717, 1.165) is 0 Å². The van der Waals surface area contributed by atoms with E-state index in [2.05, 4.69) is 5.32 Å². The van der Waals surface area contributed by atoms with Crippen LogP contribution < -0.4 is 16.0 Å². The van der Waals surface area contributed by atoms with Gasteiger partial charge in [-0.2, -0.15) is 0 Å². The number of nitrogens with two attached hydrogens (primary N) is 1. The molecule has 0 aliphatic heterocycles. The Bertz CT molecular complexity index is 421. The Morgan fingerprint density at radius 1 is 1.50 bits per heavy atom. The maximum Gasteiger partial charge on any atom is 0.236 e. The molecule has 1 rings (SSSR count). The van der Waals surface area contributed by atoms with E-state index in [4.69, 9.17) is 5.73 Å². The smallest absolute Gasteiger partial charge is 0.236 e. The quantitative estimate of drug-likeness (QED) is 0.802. The van der Waals surface area contributed by atoms with Gasteiger partial charge in [0.15, 0.2) is 0 Å². The number of benzene rings is 1. The molecule has 5 heteroatoms. The minimum Gasteiger partial charge on any atom is -0.368 e. The van der Waals surface area contributed by atoms with E-state index in [-0.39, 0.29) is 18.4 Å². The lowest BCUT2D eigenvalue weighted by Gasteiger charge is -2.22. The predicted octanol–water partition coefficient (Wildman–Crippen LogP) is 1.25. The Kier molecular flexibility index (Phi) is 5.09. The number of rotatable bonds is 6. The number of carbonyl (C=O) groups is 1. The van der Waals surface area contributed by atoms with Gasteiger partial charge in [-0.1, -0.05) is 19.9 Å². The van der Waals surface area contributed by atoms with Crippen LogP contribution in [0.2, 0.25) is 0 Å². The fraction of sp³-hybridized carbons (Fsp3) is 0.462. The Morgan fingerprint density at radius 3 is 2.72 bits per heavy atom. The molecule has 0 radical (unpaired) electrons. The number of likely N-dealkylation sites (N-methyl/N-ethyl adjacent to an activating group) is 1. The van der Waals surface area contributed by atoms with Crippen molar-refractivity contribution in [2.45, 2.75) is 26.4 Å². The van der Waals surface area contributed by atoms with Crippen LogP contribution in [-0.4, -0.2) is 25.5 Å². The minimum atomic E-state index is -0.440. The van der Waals surface area contributed by atoms with Gasteiger partial charge in [0, 0.05) is 30.9 Å². The maximum atomic E-state index is 13.8. The van der Waals surface area contributed by atoms with E-state index in [1.807, 2.05) is 13.8 Å². The van der Waals surface area contributed by atoms with Crippen molar-refractivity contribution >= 4 is 11.6 Å². The summed E-state index contributed by atoms with van der Waals surface area (Å²) in [6, 6.07) is 5.09. The minimum absolute atomic E-state index is 0.0676. The van der Waals surface area contributed by atoms with Crippen molar-refractivity contribution in [3.63, 3.8) is 0 Å². The molecule has 0 saturated heterocycles. The summed E-state index contributed by atoms with van der Waals surface area (Å²) in [4.78, 5) is 12.6. The highest BCUT2D eigenvalue weighted by Crippen LogP contribution is 2.22. The second-order valence-corrected chi connectivity index (χ2v) is 4.60. The highest BCUT2D eigenvalue weighted by Gasteiger charge is 2.13. The molecule has 0 heterocycles. The third-order valence-electron chi connectivity index (χ3n) is 2.59. The lowest BCUT2D eigenvalue weighted by atomic mass is 10.1. The molecular formula is C13H20FN3O. The van der Waals surface area contributed by atoms with E-state index >= 15 is 0 Å². The fourth-order valence-corrected chi connectivity index (χ4v) is 1.71. The number of nitrogens with zero attached hydrogens (tertiary/aromatic N) is 1. The zero-order valence-electron chi connectivity index (χ0n) is 11.0. The molecule has 100 valence electrons. The summed E-state index contributed by atoms with van der Waals surface area (Å²) < 4.78 is 13.8. The molecule has 0 unspecified atom stereocenters. The molecule has 0 saturated carbocycles. The van der Waals surface area contributed by atoms with Crippen LogP contribution in [-0.2, 0) is 11.3 Å². The summed E-state index contributed by atoms with van der Waals surface area (Å²) in [5.41, 5.74) is 6.38. The van der Waals surface area contributed by atoms with Crippen LogP contribution in [0.1, 0.15) is 19.4 Å². The highest BCUT2D eigenvalue weighted by atomic mass is 19.1. The maximum absolute atomic E-state index is 13.8. The molecule has 0 spiro atoms. The summed E-state index contributed by atoms with van der Waals surface area (Å²) in [5, 5.41) is 3.17. The average Bonchev–Trinajstić information content (AvgIpc) is 2.25. The van der Waals surface area contributed by atoms with Gasteiger partial charge in [0.2, 0.25) is 5.91 Å². The van der Waals surface area contributed by atoms with Crippen molar-refractivity contribution in [1.29, 1.82) is 0 Å². The molecule has 1 amide bonds. The number of anilines is 1. The van der Waals surface area contributed by atoms with Gasteiger partial charge in [0.05, 0.1) is 6.54 Å². The molecule has 18 heavy (non-hydrogen) atoms. The summed E-state index contributed by atoms with van der Waals surface area (Å²) >= 11 is 0. The molecule has 0 aromatic heterocycles. The molecule has 0 atom stereocenters. The van der Waals surface area contributed by atoms with E-state index in [9.17, 15) is 9.18 Å². The van der Waals surface area contributed by atoms with Gasteiger partial charge in [-0.15, -0.1) is 0 Å².